The average Bonchev–Trinajstić information content (AvgIpc) is 2.48. The fourth-order valence-corrected chi connectivity index (χ4v) is 3.88. The highest BCUT2D eigenvalue weighted by molar-refractivity contribution is 9.10. The second kappa shape index (κ2) is 8.02. The SMILES string of the molecule is CCC(N)Cc1ccc(Br)cc1SCc1ccccc1C. The molecule has 0 radical (unpaired) electrons. The third-order valence-electron chi connectivity index (χ3n) is 3.68. The van der Waals surface area contributed by atoms with Gasteiger partial charge in [-0.05, 0) is 48.6 Å². The van der Waals surface area contributed by atoms with E-state index >= 15 is 0 Å². The molecule has 0 saturated heterocycles. The Morgan fingerprint density at radius 3 is 2.62 bits per heavy atom. The van der Waals surface area contributed by atoms with E-state index < -0.39 is 0 Å². The summed E-state index contributed by atoms with van der Waals surface area (Å²) < 4.78 is 1.13. The highest BCUT2D eigenvalue weighted by Crippen LogP contribution is 2.30. The van der Waals surface area contributed by atoms with Crippen LogP contribution in [-0.2, 0) is 12.2 Å². The maximum atomic E-state index is 6.12. The summed E-state index contributed by atoms with van der Waals surface area (Å²) in [4.78, 5) is 1.33. The molecule has 1 atom stereocenters. The second-order valence-electron chi connectivity index (χ2n) is 5.34. The van der Waals surface area contributed by atoms with E-state index in [1.807, 2.05) is 11.8 Å². The lowest BCUT2D eigenvalue weighted by molar-refractivity contribution is 0.641. The first kappa shape index (κ1) is 16.6. The number of thioether (sulfide) groups is 1. The Morgan fingerprint density at radius 1 is 1.14 bits per heavy atom. The summed E-state index contributed by atoms with van der Waals surface area (Å²) in [5.74, 6) is 0.998. The topological polar surface area (TPSA) is 26.0 Å². The predicted octanol–water partition coefficient (Wildman–Crippen LogP) is 5.33. The van der Waals surface area contributed by atoms with Crippen molar-refractivity contribution in [1.29, 1.82) is 0 Å². The Hall–Kier alpha value is -0.770. The van der Waals surface area contributed by atoms with Crippen LogP contribution in [0.15, 0.2) is 51.8 Å². The monoisotopic (exact) mass is 363 g/mol. The molecule has 2 aromatic rings. The van der Waals surface area contributed by atoms with Crippen LogP contribution in [-0.4, -0.2) is 6.04 Å². The van der Waals surface area contributed by atoms with Crippen molar-refractivity contribution >= 4 is 27.7 Å². The van der Waals surface area contributed by atoms with Crippen LogP contribution in [0.3, 0.4) is 0 Å². The van der Waals surface area contributed by atoms with Gasteiger partial charge in [0.2, 0.25) is 0 Å². The fourth-order valence-electron chi connectivity index (χ4n) is 2.19. The average molecular weight is 364 g/mol. The Morgan fingerprint density at radius 2 is 1.90 bits per heavy atom. The molecule has 0 spiro atoms. The first-order valence-corrected chi connectivity index (χ1v) is 9.09. The lowest BCUT2D eigenvalue weighted by Crippen LogP contribution is -2.21. The molecule has 2 aromatic carbocycles. The van der Waals surface area contributed by atoms with Gasteiger partial charge in [-0.1, -0.05) is 53.2 Å². The number of hydrogen-bond acceptors (Lipinski definition) is 2. The standard InChI is InChI=1S/C18H22BrNS/c1-3-17(20)10-14-8-9-16(19)11-18(14)21-12-15-7-5-4-6-13(15)2/h4-9,11,17H,3,10,12,20H2,1-2H3. The first-order valence-electron chi connectivity index (χ1n) is 7.31. The molecule has 21 heavy (non-hydrogen) atoms. The van der Waals surface area contributed by atoms with Gasteiger partial charge in [-0.15, -0.1) is 11.8 Å². The van der Waals surface area contributed by atoms with E-state index in [4.69, 9.17) is 5.73 Å². The van der Waals surface area contributed by atoms with E-state index in [9.17, 15) is 0 Å². The predicted molar refractivity (Wildman–Crippen MR) is 96.9 cm³/mol. The van der Waals surface area contributed by atoms with Gasteiger partial charge in [0.25, 0.3) is 0 Å². The Balaban J connectivity index is 2.14. The molecule has 0 bridgehead atoms. The first-order chi connectivity index (χ1) is 10.1. The normalized spacial score (nSPS) is 12.4. The summed E-state index contributed by atoms with van der Waals surface area (Å²) in [6.07, 6.45) is 1.96. The number of hydrogen-bond donors (Lipinski definition) is 1. The van der Waals surface area contributed by atoms with Gasteiger partial charge < -0.3 is 5.73 Å². The summed E-state index contributed by atoms with van der Waals surface area (Å²) >= 11 is 5.47. The summed E-state index contributed by atoms with van der Waals surface area (Å²) in [6, 6.07) is 15.3. The molecular weight excluding hydrogens is 342 g/mol. The molecule has 0 saturated carbocycles. The molecule has 0 fully saturated rings. The molecule has 0 aliphatic carbocycles. The minimum atomic E-state index is 0.240. The van der Waals surface area contributed by atoms with Crippen LogP contribution >= 0.6 is 27.7 Å². The molecule has 0 aliphatic rings. The van der Waals surface area contributed by atoms with Gasteiger partial charge in [0, 0.05) is 21.2 Å². The minimum Gasteiger partial charge on any atom is -0.327 e. The Kier molecular flexibility index (Phi) is 6.34. The maximum Gasteiger partial charge on any atom is 0.0234 e. The lowest BCUT2D eigenvalue weighted by atomic mass is 10.1. The highest BCUT2D eigenvalue weighted by Gasteiger charge is 2.09. The third kappa shape index (κ3) is 4.87. The Labute approximate surface area is 140 Å². The van der Waals surface area contributed by atoms with Gasteiger partial charge in [-0.25, -0.2) is 0 Å². The zero-order chi connectivity index (χ0) is 15.2. The molecular formula is C18H22BrNS. The van der Waals surface area contributed by atoms with E-state index in [0.29, 0.717) is 0 Å². The minimum absolute atomic E-state index is 0.240. The van der Waals surface area contributed by atoms with Crippen LogP contribution in [0, 0.1) is 6.92 Å². The van der Waals surface area contributed by atoms with Crippen molar-refractivity contribution < 1.29 is 0 Å². The van der Waals surface area contributed by atoms with Crippen LogP contribution in [0.5, 0.6) is 0 Å². The van der Waals surface area contributed by atoms with Crippen LogP contribution in [0.1, 0.15) is 30.0 Å². The van der Waals surface area contributed by atoms with Gasteiger partial charge in [0.1, 0.15) is 0 Å². The third-order valence-corrected chi connectivity index (χ3v) is 5.32. The summed E-state index contributed by atoms with van der Waals surface area (Å²) in [5, 5.41) is 0. The van der Waals surface area contributed by atoms with E-state index in [-0.39, 0.29) is 6.04 Å². The van der Waals surface area contributed by atoms with E-state index in [2.05, 4.69) is 72.2 Å². The van der Waals surface area contributed by atoms with E-state index in [1.165, 1.54) is 21.6 Å². The summed E-state index contributed by atoms with van der Waals surface area (Å²) in [5.41, 5.74) is 10.2. The number of aryl methyl sites for hydroxylation is 1. The van der Waals surface area contributed by atoms with Gasteiger partial charge in [0.15, 0.2) is 0 Å². The quantitative estimate of drug-likeness (QED) is 0.701. The van der Waals surface area contributed by atoms with Crippen molar-refractivity contribution in [2.45, 2.75) is 43.4 Å². The van der Waals surface area contributed by atoms with Gasteiger partial charge >= 0.3 is 0 Å². The number of nitrogens with two attached hydrogens (primary N) is 1. The Bertz CT molecular complexity index is 598. The largest absolute Gasteiger partial charge is 0.327 e. The van der Waals surface area contributed by atoms with Crippen LogP contribution in [0.2, 0.25) is 0 Å². The molecule has 0 amide bonds. The van der Waals surface area contributed by atoms with Gasteiger partial charge in [-0.3, -0.25) is 0 Å². The zero-order valence-electron chi connectivity index (χ0n) is 12.6. The number of halogens is 1. The maximum absolute atomic E-state index is 6.12. The second-order valence-corrected chi connectivity index (χ2v) is 7.27. The smallest absolute Gasteiger partial charge is 0.0234 e. The van der Waals surface area contributed by atoms with Crippen LogP contribution in [0.4, 0.5) is 0 Å². The fraction of sp³-hybridized carbons (Fsp3) is 0.333. The molecule has 1 unspecified atom stereocenters. The van der Waals surface area contributed by atoms with Crippen LogP contribution in [0.25, 0.3) is 0 Å². The van der Waals surface area contributed by atoms with Gasteiger partial charge in [0.05, 0.1) is 0 Å². The number of benzene rings is 2. The molecule has 1 nitrogen and oxygen atoms in total. The molecule has 2 N–H and O–H groups in total. The van der Waals surface area contributed by atoms with Crippen molar-refractivity contribution in [3.8, 4) is 0 Å². The molecule has 112 valence electrons. The summed E-state index contributed by atoms with van der Waals surface area (Å²) in [6.45, 7) is 4.31. The number of rotatable bonds is 6. The molecule has 3 heteroatoms. The van der Waals surface area contributed by atoms with Gasteiger partial charge in [-0.2, -0.15) is 0 Å². The van der Waals surface area contributed by atoms with Crippen LogP contribution < -0.4 is 5.73 Å². The zero-order valence-corrected chi connectivity index (χ0v) is 15.0. The molecule has 0 aliphatic heterocycles. The lowest BCUT2D eigenvalue weighted by Gasteiger charge is -2.14. The molecule has 0 heterocycles. The molecule has 2 rings (SSSR count). The van der Waals surface area contributed by atoms with E-state index in [1.54, 1.807) is 0 Å². The van der Waals surface area contributed by atoms with E-state index in [0.717, 1.165) is 23.1 Å². The molecule has 0 aromatic heterocycles. The van der Waals surface area contributed by atoms with Crippen molar-refractivity contribution in [2.24, 2.45) is 5.73 Å². The van der Waals surface area contributed by atoms with Crippen molar-refractivity contribution in [3.63, 3.8) is 0 Å². The van der Waals surface area contributed by atoms with Crippen molar-refractivity contribution in [3.05, 3.63) is 63.6 Å². The summed E-state index contributed by atoms with van der Waals surface area (Å²) in [7, 11) is 0. The highest BCUT2D eigenvalue weighted by atomic mass is 79.9. The van der Waals surface area contributed by atoms with Crippen molar-refractivity contribution in [1.82, 2.24) is 0 Å². The van der Waals surface area contributed by atoms with Crippen molar-refractivity contribution in [2.75, 3.05) is 0 Å².